The molecule has 0 radical (unpaired) electrons. The van der Waals surface area contributed by atoms with Crippen LogP contribution in [0.2, 0.25) is 0 Å². The molecule has 1 aromatic rings. The highest BCUT2D eigenvalue weighted by Crippen LogP contribution is 2.40. The number of aromatic nitrogens is 2. The highest BCUT2D eigenvalue weighted by Gasteiger charge is 2.49. The molecule has 4 rings (SSSR count). The van der Waals surface area contributed by atoms with E-state index in [2.05, 4.69) is 10.2 Å². The molecule has 0 unspecified atom stereocenters. The highest BCUT2D eigenvalue weighted by molar-refractivity contribution is 5.86. The smallest absolute Gasteiger partial charge is 0.266 e. The first-order chi connectivity index (χ1) is 14.5. The molecule has 0 aromatic carbocycles. The number of piperidine rings is 1. The van der Waals surface area contributed by atoms with Gasteiger partial charge in [0.2, 0.25) is 11.8 Å². The number of carbonyl (C=O) groups is 2. The Hall–Kier alpha value is -2.38. The number of H-pyrrole nitrogens is 2. The Morgan fingerprint density at radius 2 is 1.83 bits per heavy atom. The lowest BCUT2D eigenvalue weighted by molar-refractivity contribution is -0.146. The van der Waals surface area contributed by atoms with Crippen molar-refractivity contribution in [3.05, 3.63) is 32.3 Å². The van der Waals surface area contributed by atoms with Gasteiger partial charge in [-0.15, -0.1) is 0 Å². The molecule has 164 valence electrons. The zero-order valence-corrected chi connectivity index (χ0v) is 17.6. The van der Waals surface area contributed by atoms with Gasteiger partial charge in [0.05, 0.1) is 11.8 Å². The summed E-state index contributed by atoms with van der Waals surface area (Å²) < 4.78 is 0. The zero-order chi connectivity index (χ0) is 21.1. The molecule has 2 amide bonds. The molecule has 3 fully saturated rings. The van der Waals surface area contributed by atoms with E-state index in [-0.39, 0.29) is 23.8 Å². The van der Waals surface area contributed by atoms with Crippen molar-refractivity contribution in [3.63, 3.8) is 0 Å². The number of hydrogen-bond acceptors (Lipinski definition) is 4. The van der Waals surface area contributed by atoms with Gasteiger partial charge in [0.25, 0.3) is 11.1 Å². The van der Waals surface area contributed by atoms with Gasteiger partial charge in [-0.1, -0.05) is 32.1 Å². The standard InChI is InChI=1S/C22H32N4O4/c27-18-13-17(20(29)24-23-18)14-19(28)26-12-9-22(15-26)8-4-10-25(21(22)30)11-7-16-5-2-1-3-6-16/h13,16H,1-12,14-15H2,(H,23,27)(H,24,29)/t22-/m1/s1. The predicted molar refractivity (Wildman–Crippen MR) is 112 cm³/mol. The van der Waals surface area contributed by atoms with Crippen molar-refractivity contribution in [2.24, 2.45) is 11.3 Å². The monoisotopic (exact) mass is 416 g/mol. The van der Waals surface area contributed by atoms with Gasteiger partial charge in [-0.05, 0) is 31.6 Å². The first-order valence-electron chi connectivity index (χ1n) is 11.3. The summed E-state index contributed by atoms with van der Waals surface area (Å²) in [7, 11) is 0. The van der Waals surface area contributed by atoms with Gasteiger partial charge in [-0.25, -0.2) is 0 Å². The molecule has 2 saturated heterocycles. The Morgan fingerprint density at radius 1 is 1.03 bits per heavy atom. The van der Waals surface area contributed by atoms with Gasteiger partial charge < -0.3 is 9.80 Å². The van der Waals surface area contributed by atoms with Gasteiger partial charge >= 0.3 is 0 Å². The summed E-state index contributed by atoms with van der Waals surface area (Å²) in [5, 5.41) is 4.46. The number of amides is 2. The molecule has 2 N–H and O–H groups in total. The predicted octanol–water partition coefficient (Wildman–Crippen LogP) is 1.42. The minimum atomic E-state index is -0.471. The molecule has 30 heavy (non-hydrogen) atoms. The van der Waals surface area contributed by atoms with E-state index in [1.807, 2.05) is 4.90 Å². The van der Waals surface area contributed by atoms with E-state index in [9.17, 15) is 19.2 Å². The van der Waals surface area contributed by atoms with Crippen LogP contribution in [-0.4, -0.2) is 58.0 Å². The van der Waals surface area contributed by atoms with Crippen molar-refractivity contribution >= 4 is 11.8 Å². The number of aromatic amines is 2. The fourth-order valence-electron chi connectivity index (χ4n) is 5.51. The van der Waals surface area contributed by atoms with Crippen molar-refractivity contribution in [1.29, 1.82) is 0 Å². The maximum absolute atomic E-state index is 13.3. The summed E-state index contributed by atoms with van der Waals surface area (Å²) in [6, 6.07) is 1.17. The molecule has 3 heterocycles. The lowest BCUT2D eigenvalue weighted by atomic mass is 9.78. The quantitative estimate of drug-likeness (QED) is 0.757. The van der Waals surface area contributed by atoms with Crippen molar-refractivity contribution < 1.29 is 9.59 Å². The van der Waals surface area contributed by atoms with Crippen LogP contribution in [0, 0.1) is 11.3 Å². The molecule has 1 atom stereocenters. The maximum atomic E-state index is 13.3. The van der Waals surface area contributed by atoms with Gasteiger partial charge in [0.15, 0.2) is 0 Å². The highest BCUT2D eigenvalue weighted by atomic mass is 16.2. The van der Waals surface area contributed by atoms with E-state index >= 15 is 0 Å². The van der Waals surface area contributed by atoms with Crippen LogP contribution in [0.3, 0.4) is 0 Å². The van der Waals surface area contributed by atoms with E-state index < -0.39 is 16.5 Å². The van der Waals surface area contributed by atoms with Crippen LogP contribution in [0.25, 0.3) is 0 Å². The third-order valence-corrected chi connectivity index (χ3v) is 7.30. The first kappa shape index (κ1) is 20.9. The van der Waals surface area contributed by atoms with Crippen molar-refractivity contribution in [2.45, 2.75) is 64.2 Å². The van der Waals surface area contributed by atoms with Crippen LogP contribution < -0.4 is 11.1 Å². The Kier molecular flexibility index (Phi) is 6.11. The van der Waals surface area contributed by atoms with E-state index in [0.717, 1.165) is 38.3 Å². The average molecular weight is 417 g/mol. The molecular weight excluding hydrogens is 384 g/mol. The third kappa shape index (κ3) is 4.37. The Balaban J connectivity index is 1.36. The number of rotatable bonds is 5. The maximum Gasteiger partial charge on any atom is 0.266 e. The topological polar surface area (TPSA) is 106 Å². The van der Waals surface area contributed by atoms with Gasteiger partial charge in [0.1, 0.15) is 0 Å². The lowest BCUT2D eigenvalue weighted by Crippen LogP contribution is -2.51. The molecule has 3 aliphatic rings. The van der Waals surface area contributed by atoms with Crippen molar-refractivity contribution in [2.75, 3.05) is 26.2 Å². The zero-order valence-electron chi connectivity index (χ0n) is 17.6. The number of likely N-dealkylation sites (tertiary alicyclic amines) is 2. The van der Waals surface area contributed by atoms with E-state index in [0.29, 0.717) is 19.5 Å². The minimum absolute atomic E-state index is 0.116. The summed E-state index contributed by atoms with van der Waals surface area (Å²) in [4.78, 5) is 53.1. The minimum Gasteiger partial charge on any atom is -0.342 e. The SMILES string of the molecule is O=C(Cc1cc(=O)[nH][nH]c1=O)N1CC[C@]2(CCCN(CCC3CCCCC3)C2=O)C1. The molecule has 1 saturated carbocycles. The molecule has 8 nitrogen and oxygen atoms in total. The van der Waals surface area contributed by atoms with Crippen LogP contribution in [0.4, 0.5) is 0 Å². The van der Waals surface area contributed by atoms with Crippen LogP contribution in [0.1, 0.15) is 63.4 Å². The second kappa shape index (κ2) is 8.78. The van der Waals surface area contributed by atoms with Crippen LogP contribution in [-0.2, 0) is 16.0 Å². The number of nitrogens with zero attached hydrogens (tertiary/aromatic N) is 2. The number of hydrogen-bond donors (Lipinski definition) is 2. The second-order valence-electron chi connectivity index (χ2n) is 9.32. The molecule has 2 aliphatic heterocycles. The van der Waals surface area contributed by atoms with E-state index in [1.54, 1.807) is 4.90 Å². The van der Waals surface area contributed by atoms with Crippen LogP contribution >= 0.6 is 0 Å². The largest absolute Gasteiger partial charge is 0.342 e. The Labute approximate surface area is 176 Å². The van der Waals surface area contributed by atoms with Gasteiger partial charge in [-0.2, -0.15) is 0 Å². The summed E-state index contributed by atoms with van der Waals surface area (Å²) >= 11 is 0. The number of carbonyl (C=O) groups excluding carboxylic acids is 2. The van der Waals surface area contributed by atoms with Gasteiger partial charge in [0, 0.05) is 37.8 Å². The van der Waals surface area contributed by atoms with Crippen molar-refractivity contribution in [1.82, 2.24) is 20.0 Å². The summed E-state index contributed by atoms with van der Waals surface area (Å²) in [6.45, 7) is 2.61. The van der Waals surface area contributed by atoms with Gasteiger partial charge in [-0.3, -0.25) is 29.4 Å². The lowest BCUT2D eigenvalue weighted by Gasteiger charge is -2.40. The van der Waals surface area contributed by atoms with Crippen molar-refractivity contribution in [3.8, 4) is 0 Å². The van der Waals surface area contributed by atoms with E-state index in [1.165, 1.54) is 38.2 Å². The summed E-state index contributed by atoms with van der Waals surface area (Å²) in [5.41, 5.74) is -1.21. The molecule has 0 bridgehead atoms. The fourth-order valence-corrected chi connectivity index (χ4v) is 5.51. The molecule has 1 aliphatic carbocycles. The first-order valence-corrected chi connectivity index (χ1v) is 11.3. The fraction of sp³-hybridized carbons (Fsp3) is 0.727. The molecule has 1 spiro atoms. The normalized spacial score (nSPS) is 25.3. The average Bonchev–Trinajstić information content (AvgIpc) is 3.18. The second-order valence-corrected chi connectivity index (χ2v) is 9.32. The summed E-state index contributed by atoms with van der Waals surface area (Å²) in [6.07, 6.45) is 10.0. The Morgan fingerprint density at radius 3 is 2.63 bits per heavy atom. The summed E-state index contributed by atoms with van der Waals surface area (Å²) in [5.74, 6) is 0.752. The third-order valence-electron chi connectivity index (χ3n) is 7.30. The van der Waals surface area contributed by atoms with Crippen LogP contribution in [0.5, 0.6) is 0 Å². The molecule has 8 heteroatoms. The molecule has 1 aromatic heterocycles. The Bertz CT molecular complexity index is 901. The number of nitrogens with one attached hydrogen (secondary N) is 2. The van der Waals surface area contributed by atoms with Crippen LogP contribution in [0.15, 0.2) is 15.7 Å². The van der Waals surface area contributed by atoms with E-state index in [4.69, 9.17) is 0 Å². The molecular formula is C22H32N4O4.